The Kier molecular flexibility index (Phi) is 4.99. The van der Waals surface area contributed by atoms with E-state index in [-0.39, 0.29) is 11.8 Å². The third kappa shape index (κ3) is 3.69. The molecule has 1 fully saturated rings. The molecule has 0 aromatic heterocycles. The molecule has 6 heteroatoms. The number of carbonyl (C=O) groups excluding carboxylic acids is 3. The maximum Gasteiger partial charge on any atom is 0.337 e. The van der Waals surface area contributed by atoms with E-state index >= 15 is 0 Å². The van der Waals surface area contributed by atoms with E-state index in [0.29, 0.717) is 24.1 Å². The number of aryl methyl sites for hydroxylation is 1. The van der Waals surface area contributed by atoms with Crippen LogP contribution in [0.15, 0.2) is 42.5 Å². The number of hydrogen-bond donors (Lipinski definition) is 2. The van der Waals surface area contributed by atoms with Crippen molar-refractivity contribution >= 4 is 29.2 Å². The maximum absolute atomic E-state index is 12.7. The van der Waals surface area contributed by atoms with Crippen LogP contribution in [0.2, 0.25) is 0 Å². The van der Waals surface area contributed by atoms with Gasteiger partial charge in [0.05, 0.1) is 12.7 Å². The third-order valence-corrected chi connectivity index (χ3v) is 5.04. The first kappa shape index (κ1) is 18.6. The second kappa shape index (κ2) is 7.23. The number of carbonyl (C=O) groups is 3. The molecule has 1 aliphatic carbocycles. The summed E-state index contributed by atoms with van der Waals surface area (Å²) in [6, 6.07) is 12.0. The van der Waals surface area contributed by atoms with E-state index in [1.54, 1.807) is 24.3 Å². The summed E-state index contributed by atoms with van der Waals surface area (Å²) < 4.78 is 4.65. The van der Waals surface area contributed by atoms with Crippen LogP contribution in [0.4, 0.5) is 11.4 Å². The minimum Gasteiger partial charge on any atom is -0.465 e. The van der Waals surface area contributed by atoms with Crippen molar-refractivity contribution < 1.29 is 19.1 Å². The van der Waals surface area contributed by atoms with Gasteiger partial charge >= 0.3 is 5.97 Å². The van der Waals surface area contributed by atoms with Gasteiger partial charge in [0.15, 0.2) is 0 Å². The van der Waals surface area contributed by atoms with Crippen molar-refractivity contribution in [3.8, 4) is 0 Å². The van der Waals surface area contributed by atoms with Crippen LogP contribution in [-0.4, -0.2) is 24.9 Å². The van der Waals surface area contributed by atoms with Gasteiger partial charge in [0.2, 0.25) is 11.8 Å². The Labute approximate surface area is 157 Å². The SMILES string of the molecule is COC(=O)c1ccc(NC(=O)C2(C(=O)Nc3cccc(C)c3C)CC2)cc1. The Morgan fingerprint density at radius 1 is 0.926 bits per heavy atom. The fraction of sp³-hybridized carbons (Fsp3) is 0.286. The Hall–Kier alpha value is -3.15. The van der Waals surface area contributed by atoms with Crippen molar-refractivity contribution in [1.82, 2.24) is 0 Å². The number of ether oxygens (including phenoxy) is 1. The largest absolute Gasteiger partial charge is 0.465 e. The highest BCUT2D eigenvalue weighted by atomic mass is 16.5. The average molecular weight is 366 g/mol. The van der Waals surface area contributed by atoms with Crippen molar-refractivity contribution in [2.75, 3.05) is 17.7 Å². The van der Waals surface area contributed by atoms with E-state index in [4.69, 9.17) is 0 Å². The molecule has 0 radical (unpaired) electrons. The van der Waals surface area contributed by atoms with Crippen LogP contribution < -0.4 is 10.6 Å². The normalized spacial score (nSPS) is 14.2. The first-order valence-corrected chi connectivity index (χ1v) is 8.75. The molecule has 27 heavy (non-hydrogen) atoms. The molecule has 0 aliphatic heterocycles. The van der Waals surface area contributed by atoms with E-state index in [0.717, 1.165) is 16.8 Å². The van der Waals surface area contributed by atoms with Gasteiger partial charge in [-0.25, -0.2) is 4.79 Å². The molecule has 1 aliphatic rings. The highest BCUT2D eigenvalue weighted by molar-refractivity contribution is 6.17. The number of hydrogen-bond acceptors (Lipinski definition) is 4. The predicted octanol–water partition coefficient (Wildman–Crippen LogP) is 3.45. The quantitative estimate of drug-likeness (QED) is 0.627. The van der Waals surface area contributed by atoms with Crippen molar-refractivity contribution in [2.45, 2.75) is 26.7 Å². The molecule has 0 heterocycles. The minimum atomic E-state index is -1.04. The van der Waals surface area contributed by atoms with Gasteiger partial charge in [0, 0.05) is 11.4 Å². The van der Waals surface area contributed by atoms with Gasteiger partial charge in [-0.3, -0.25) is 9.59 Å². The molecule has 6 nitrogen and oxygen atoms in total. The van der Waals surface area contributed by atoms with Crippen molar-refractivity contribution in [3.63, 3.8) is 0 Å². The van der Waals surface area contributed by atoms with Gasteiger partial charge in [-0.2, -0.15) is 0 Å². The number of anilines is 2. The molecule has 2 N–H and O–H groups in total. The standard InChI is InChI=1S/C21H22N2O4/c1-13-5-4-6-17(14(13)2)23-20(26)21(11-12-21)19(25)22-16-9-7-15(8-10-16)18(24)27-3/h4-10H,11-12H2,1-3H3,(H,22,25)(H,23,26). The molecule has 0 saturated heterocycles. The Morgan fingerprint density at radius 2 is 1.56 bits per heavy atom. The van der Waals surface area contributed by atoms with E-state index in [2.05, 4.69) is 15.4 Å². The molecule has 0 spiro atoms. The molecule has 2 aromatic carbocycles. The molecule has 2 amide bonds. The third-order valence-electron chi connectivity index (χ3n) is 5.04. The van der Waals surface area contributed by atoms with Crippen LogP contribution in [0.25, 0.3) is 0 Å². The predicted molar refractivity (Wildman–Crippen MR) is 103 cm³/mol. The van der Waals surface area contributed by atoms with Crippen LogP contribution in [0.1, 0.15) is 34.3 Å². The molecule has 0 unspecified atom stereocenters. The maximum atomic E-state index is 12.7. The van der Waals surface area contributed by atoms with Gasteiger partial charge in [0.25, 0.3) is 0 Å². The first-order valence-electron chi connectivity index (χ1n) is 8.75. The van der Waals surface area contributed by atoms with Crippen molar-refractivity contribution in [2.24, 2.45) is 5.41 Å². The monoisotopic (exact) mass is 366 g/mol. The zero-order valence-electron chi connectivity index (χ0n) is 15.6. The summed E-state index contributed by atoms with van der Waals surface area (Å²) >= 11 is 0. The van der Waals surface area contributed by atoms with E-state index in [1.807, 2.05) is 32.0 Å². The van der Waals surface area contributed by atoms with E-state index in [1.165, 1.54) is 7.11 Å². The molecule has 1 saturated carbocycles. The second-order valence-corrected chi connectivity index (χ2v) is 6.81. The molecular weight excluding hydrogens is 344 g/mol. The molecule has 140 valence electrons. The van der Waals surface area contributed by atoms with Crippen molar-refractivity contribution in [3.05, 3.63) is 59.2 Å². The number of amides is 2. The Balaban J connectivity index is 1.69. The van der Waals surface area contributed by atoms with Gasteiger partial charge in [-0.1, -0.05) is 12.1 Å². The summed E-state index contributed by atoms with van der Waals surface area (Å²) in [4.78, 5) is 36.9. The van der Waals surface area contributed by atoms with Crippen LogP contribution in [0.3, 0.4) is 0 Å². The summed E-state index contributed by atoms with van der Waals surface area (Å²) in [6.07, 6.45) is 1.02. The Bertz CT molecular complexity index is 899. The number of rotatable bonds is 5. The summed E-state index contributed by atoms with van der Waals surface area (Å²) in [5, 5.41) is 5.66. The number of benzene rings is 2. The second-order valence-electron chi connectivity index (χ2n) is 6.81. The summed E-state index contributed by atoms with van der Waals surface area (Å²) in [5.74, 6) is -1.07. The van der Waals surface area contributed by atoms with Gasteiger partial charge in [0.1, 0.15) is 5.41 Å². The smallest absolute Gasteiger partial charge is 0.337 e. The van der Waals surface area contributed by atoms with Crippen LogP contribution in [-0.2, 0) is 14.3 Å². The van der Waals surface area contributed by atoms with Gasteiger partial charge < -0.3 is 15.4 Å². The lowest BCUT2D eigenvalue weighted by Gasteiger charge is -2.17. The summed E-state index contributed by atoms with van der Waals surface area (Å²) in [6.45, 7) is 3.91. The number of methoxy groups -OCH3 is 1. The zero-order chi connectivity index (χ0) is 19.6. The molecular formula is C21H22N2O4. The van der Waals surface area contributed by atoms with E-state index in [9.17, 15) is 14.4 Å². The fourth-order valence-electron chi connectivity index (χ4n) is 2.87. The summed E-state index contributed by atoms with van der Waals surface area (Å²) in [5.41, 5.74) is 2.66. The lowest BCUT2D eigenvalue weighted by molar-refractivity contribution is -0.131. The van der Waals surface area contributed by atoms with Crippen molar-refractivity contribution in [1.29, 1.82) is 0 Å². The lowest BCUT2D eigenvalue weighted by atomic mass is 10.0. The Morgan fingerprint density at radius 3 is 2.15 bits per heavy atom. The van der Waals surface area contributed by atoms with Crippen LogP contribution in [0.5, 0.6) is 0 Å². The average Bonchev–Trinajstić information content (AvgIpc) is 3.47. The van der Waals surface area contributed by atoms with Crippen LogP contribution >= 0.6 is 0 Å². The van der Waals surface area contributed by atoms with Crippen LogP contribution in [0, 0.1) is 19.3 Å². The first-order chi connectivity index (χ1) is 12.9. The number of esters is 1. The molecule has 0 bridgehead atoms. The molecule has 0 atom stereocenters. The van der Waals surface area contributed by atoms with E-state index < -0.39 is 11.4 Å². The molecule has 3 rings (SSSR count). The topological polar surface area (TPSA) is 84.5 Å². The minimum absolute atomic E-state index is 0.292. The molecule has 2 aromatic rings. The fourth-order valence-corrected chi connectivity index (χ4v) is 2.87. The number of nitrogens with one attached hydrogen (secondary N) is 2. The summed E-state index contributed by atoms with van der Waals surface area (Å²) in [7, 11) is 1.31. The zero-order valence-corrected chi connectivity index (χ0v) is 15.6. The highest BCUT2D eigenvalue weighted by Gasteiger charge is 2.56. The van der Waals surface area contributed by atoms with Gasteiger partial charge in [-0.05, 0) is 68.1 Å². The lowest BCUT2D eigenvalue weighted by Crippen LogP contribution is -2.35. The van der Waals surface area contributed by atoms with Gasteiger partial charge in [-0.15, -0.1) is 0 Å². The highest BCUT2D eigenvalue weighted by Crippen LogP contribution is 2.47.